The van der Waals surface area contributed by atoms with Crippen molar-refractivity contribution in [1.29, 1.82) is 0 Å². The Labute approximate surface area is 104 Å². The molecular weight excluding hydrogens is 234 g/mol. The molecule has 0 amide bonds. The lowest BCUT2D eigenvalue weighted by molar-refractivity contribution is 0.0698. The van der Waals surface area contributed by atoms with Crippen LogP contribution in [0, 0.1) is 0 Å². The Balaban J connectivity index is 1.97. The molecule has 0 radical (unpaired) electrons. The molecule has 0 unspecified atom stereocenters. The van der Waals surface area contributed by atoms with Gasteiger partial charge in [0.05, 0.1) is 5.56 Å². The van der Waals surface area contributed by atoms with E-state index in [0.717, 1.165) is 13.0 Å². The molecule has 1 heterocycles. The summed E-state index contributed by atoms with van der Waals surface area (Å²) in [5.41, 5.74) is 2.27. The van der Waals surface area contributed by atoms with E-state index in [4.69, 9.17) is 5.11 Å². The SMILES string of the molecule is O=C(O)c1ccccc1NCCc1ccsc1. The van der Waals surface area contributed by atoms with Crippen LogP contribution < -0.4 is 5.32 Å². The van der Waals surface area contributed by atoms with Crippen molar-refractivity contribution < 1.29 is 9.90 Å². The molecule has 0 fully saturated rings. The number of anilines is 1. The molecule has 0 saturated heterocycles. The molecule has 0 aliphatic carbocycles. The van der Waals surface area contributed by atoms with Crippen molar-refractivity contribution >= 4 is 23.0 Å². The molecule has 0 spiro atoms. The topological polar surface area (TPSA) is 49.3 Å². The fraction of sp³-hybridized carbons (Fsp3) is 0.154. The van der Waals surface area contributed by atoms with Gasteiger partial charge >= 0.3 is 5.97 Å². The highest BCUT2D eigenvalue weighted by Gasteiger charge is 2.07. The van der Waals surface area contributed by atoms with Crippen molar-refractivity contribution in [2.24, 2.45) is 0 Å². The summed E-state index contributed by atoms with van der Waals surface area (Å²) in [6.45, 7) is 0.737. The van der Waals surface area contributed by atoms with Gasteiger partial charge in [0.25, 0.3) is 0 Å². The van der Waals surface area contributed by atoms with Gasteiger partial charge in [-0.3, -0.25) is 0 Å². The van der Waals surface area contributed by atoms with Crippen LogP contribution in [0.4, 0.5) is 5.69 Å². The van der Waals surface area contributed by atoms with E-state index in [1.165, 1.54) is 5.56 Å². The van der Waals surface area contributed by atoms with Crippen molar-refractivity contribution in [2.45, 2.75) is 6.42 Å². The van der Waals surface area contributed by atoms with E-state index >= 15 is 0 Å². The van der Waals surface area contributed by atoms with Crippen molar-refractivity contribution in [2.75, 3.05) is 11.9 Å². The molecule has 2 N–H and O–H groups in total. The summed E-state index contributed by atoms with van der Waals surface area (Å²) < 4.78 is 0. The van der Waals surface area contributed by atoms with Crippen molar-refractivity contribution in [3.8, 4) is 0 Å². The lowest BCUT2D eigenvalue weighted by Gasteiger charge is -2.08. The number of aromatic carboxylic acids is 1. The van der Waals surface area contributed by atoms with Gasteiger partial charge in [0.15, 0.2) is 0 Å². The van der Waals surface area contributed by atoms with Gasteiger partial charge in [-0.25, -0.2) is 4.79 Å². The molecule has 0 aliphatic rings. The van der Waals surface area contributed by atoms with Crippen LogP contribution in [-0.4, -0.2) is 17.6 Å². The first kappa shape index (κ1) is 11.7. The Hall–Kier alpha value is -1.81. The second-order valence-corrected chi connectivity index (χ2v) is 4.44. The van der Waals surface area contributed by atoms with E-state index in [1.807, 2.05) is 11.4 Å². The van der Waals surface area contributed by atoms with Gasteiger partial charge in [-0.15, -0.1) is 0 Å². The average Bonchev–Trinajstić information content (AvgIpc) is 2.82. The van der Waals surface area contributed by atoms with Gasteiger partial charge in [0, 0.05) is 12.2 Å². The maximum atomic E-state index is 11.0. The Kier molecular flexibility index (Phi) is 3.77. The molecule has 2 rings (SSSR count). The van der Waals surface area contributed by atoms with Crippen molar-refractivity contribution in [3.05, 3.63) is 52.2 Å². The van der Waals surface area contributed by atoms with E-state index in [2.05, 4.69) is 16.8 Å². The molecule has 4 heteroatoms. The van der Waals surface area contributed by atoms with E-state index in [-0.39, 0.29) is 0 Å². The van der Waals surface area contributed by atoms with Gasteiger partial charge in [0.2, 0.25) is 0 Å². The van der Waals surface area contributed by atoms with Crippen LogP contribution in [0.3, 0.4) is 0 Å². The van der Waals surface area contributed by atoms with Gasteiger partial charge in [-0.2, -0.15) is 11.3 Å². The van der Waals surface area contributed by atoms with E-state index in [0.29, 0.717) is 11.3 Å². The monoisotopic (exact) mass is 247 g/mol. The zero-order valence-corrected chi connectivity index (χ0v) is 10.0. The molecule has 1 aromatic carbocycles. The zero-order valence-electron chi connectivity index (χ0n) is 9.22. The van der Waals surface area contributed by atoms with Gasteiger partial charge < -0.3 is 10.4 Å². The van der Waals surface area contributed by atoms with Crippen LogP contribution in [0.5, 0.6) is 0 Å². The third-order valence-electron chi connectivity index (χ3n) is 2.47. The summed E-state index contributed by atoms with van der Waals surface area (Å²) in [6, 6.07) is 9.04. The summed E-state index contributed by atoms with van der Waals surface area (Å²) in [7, 11) is 0. The van der Waals surface area contributed by atoms with Crippen LogP contribution in [0.15, 0.2) is 41.1 Å². The van der Waals surface area contributed by atoms with E-state index in [9.17, 15) is 4.79 Å². The van der Waals surface area contributed by atoms with Gasteiger partial charge in [0.1, 0.15) is 0 Å². The molecule has 17 heavy (non-hydrogen) atoms. The Bertz CT molecular complexity index is 494. The maximum absolute atomic E-state index is 11.0. The summed E-state index contributed by atoms with van der Waals surface area (Å²) >= 11 is 1.67. The predicted octanol–water partition coefficient (Wildman–Crippen LogP) is 3.10. The normalized spacial score (nSPS) is 10.1. The van der Waals surface area contributed by atoms with Crippen LogP contribution in [0.25, 0.3) is 0 Å². The summed E-state index contributed by atoms with van der Waals surface area (Å²) in [4.78, 5) is 11.0. The first-order valence-electron chi connectivity index (χ1n) is 5.34. The fourth-order valence-electron chi connectivity index (χ4n) is 1.60. The second-order valence-electron chi connectivity index (χ2n) is 3.66. The van der Waals surface area contributed by atoms with Crippen LogP contribution in [-0.2, 0) is 6.42 Å². The molecule has 3 nitrogen and oxygen atoms in total. The Morgan fingerprint density at radius 1 is 1.29 bits per heavy atom. The highest BCUT2D eigenvalue weighted by molar-refractivity contribution is 7.07. The Morgan fingerprint density at radius 2 is 2.12 bits per heavy atom. The maximum Gasteiger partial charge on any atom is 0.337 e. The van der Waals surface area contributed by atoms with Crippen LogP contribution in [0.1, 0.15) is 15.9 Å². The average molecular weight is 247 g/mol. The number of rotatable bonds is 5. The van der Waals surface area contributed by atoms with Crippen molar-refractivity contribution in [1.82, 2.24) is 0 Å². The minimum absolute atomic E-state index is 0.317. The quantitative estimate of drug-likeness (QED) is 0.853. The molecule has 0 atom stereocenters. The minimum atomic E-state index is -0.899. The third-order valence-corrected chi connectivity index (χ3v) is 3.20. The number of carboxylic acid groups (broad SMARTS) is 1. The molecule has 0 bridgehead atoms. The number of hydrogen-bond donors (Lipinski definition) is 2. The number of hydrogen-bond acceptors (Lipinski definition) is 3. The third kappa shape index (κ3) is 3.07. The van der Waals surface area contributed by atoms with Gasteiger partial charge in [-0.1, -0.05) is 12.1 Å². The number of benzene rings is 1. The van der Waals surface area contributed by atoms with E-state index < -0.39 is 5.97 Å². The standard InChI is InChI=1S/C13H13NO2S/c15-13(16)11-3-1-2-4-12(11)14-7-5-10-6-8-17-9-10/h1-4,6,8-9,14H,5,7H2,(H,15,16). The molecule has 1 aromatic heterocycles. The fourth-order valence-corrected chi connectivity index (χ4v) is 2.30. The first-order chi connectivity index (χ1) is 8.27. The number of nitrogens with one attached hydrogen (secondary N) is 1. The number of para-hydroxylation sites is 1. The molecule has 0 saturated carbocycles. The number of carbonyl (C=O) groups is 1. The number of thiophene rings is 1. The van der Waals surface area contributed by atoms with Crippen LogP contribution >= 0.6 is 11.3 Å². The summed E-state index contributed by atoms with van der Waals surface area (Å²) in [6.07, 6.45) is 0.900. The largest absolute Gasteiger partial charge is 0.478 e. The first-order valence-corrected chi connectivity index (χ1v) is 6.29. The molecule has 0 aliphatic heterocycles. The smallest absolute Gasteiger partial charge is 0.337 e. The van der Waals surface area contributed by atoms with Crippen molar-refractivity contribution in [3.63, 3.8) is 0 Å². The molecular formula is C13H13NO2S. The lowest BCUT2D eigenvalue weighted by Crippen LogP contribution is -2.09. The molecule has 88 valence electrons. The lowest BCUT2D eigenvalue weighted by atomic mass is 10.1. The summed E-state index contributed by atoms with van der Waals surface area (Å²) in [5, 5.41) is 16.3. The summed E-state index contributed by atoms with van der Waals surface area (Å²) in [5.74, 6) is -0.899. The number of carboxylic acids is 1. The van der Waals surface area contributed by atoms with Gasteiger partial charge in [-0.05, 0) is 40.9 Å². The van der Waals surface area contributed by atoms with E-state index in [1.54, 1.807) is 29.5 Å². The Morgan fingerprint density at radius 3 is 2.82 bits per heavy atom. The second kappa shape index (κ2) is 5.50. The molecule has 2 aromatic rings. The highest BCUT2D eigenvalue weighted by Crippen LogP contribution is 2.15. The minimum Gasteiger partial charge on any atom is -0.478 e. The highest BCUT2D eigenvalue weighted by atomic mass is 32.1. The zero-order chi connectivity index (χ0) is 12.1. The predicted molar refractivity (Wildman–Crippen MR) is 69.9 cm³/mol. The van der Waals surface area contributed by atoms with Crippen LogP contribution in [0.2, 0.25) is 0 Å².